The summed E-state index contributed by atoms with van der Waals surface area (Å²) in [5, 5.41) is 13.5. The lowest BCUT2D eigenvalue weighted by Crippen LogP contribution is -2.42. The zero-order valence-electron chi connectivity index (χ0n) is 12.6. The number of anilines is 1. The molecule has 3 N–H and O–H groups in total. The molecule has 1 aromatic rings. The molecule has 0 bridgehead atoms. The number of para-hydroxylation sites is 1. The summed E-state index contributed by atoms with van der Waals surface area (Å²) >= 11 is 0. The van der Waals surface area contributed by atoms with Gasteiger partial charge in [0.1, 0.15) is 0 Å². The lowest BCUT2D eigenvalue weighted by Gasteiger charge is -2.16. The minimum atomic E-state index is -4.42. The largest absolute Gasteiger partial charge is 0.396 e. The predicted molar refractivity (Wildman–Crippen MR) is 78.8 cm³/mol. The molecule has 0 aliphatic heterocycles. The number of alkyl halides is 3. The number of aliphatic hydroxyl groups is 1. The van der Waals surface area contributed by atoms with E-state index in [1.54, 1.807) is 6.92 Å². The van der Waals surface area contributed by atoms with Crippen LogP contribution in [0.5, 0.6) is 0 Å². The second-order valence-electron chi connectivity index (χ2n) is 4.99. The van der Waals surface area contributed by atoms with Crippen LogP contribution in [0.25, 0.3) is 0 Å². The summed E-state index contributed by atoms with van der Waals surface area (Å²) in [6, 6.07) is 5.06. The van der Waals surface area contributed by atoms with Crippen molar-refractivity contribution in [2.45, 2.75) is 38.4 Å². The van der Waals surface area contributed by atoms with Crippen LogP contribution < -0.4 is 10.6 Å². The van der Waals surface area contributed by atoms with Crippen molar-refractivity contribution in [1.82, 2.24) is 5.32 Å². The minimum absolute atomic E-state index is 0.0554. The molecule has 1 unspecified atom stereocenters. The summed E-state index contributed by atoms with van der Waals surface area (Å²) in [6.45, 7) is 1.63. The first-order valence-electron chi connectivity index (χ1n) is 7.14. The second-order valence-corrected chi connectivity index (χ2v) is 4.99. The van der Waals surface area contributed by atoms with E-state index in [-0.39, 0.29) is 23.9 Å². The molecule has 0 aliphatic carbocycles. The van der Waals surface area contributed by atoms with Crippen LogP contribution in [0.4, 0.5) is 18.9 Å². The number of benzene rings is 1. The average molecular weight is 332 g/mol. The van der Waals surface area contributed by atoms with E-state index in [4.69, 9.17) is 5.11 Å². The number of hydrogen-bond donors (Lipinski definition) is 3. The van der Waals surface area contributed by atoms with Gasteiger partial charge in [-0.05, 0) is 24.5 Å². The third-order valence-corrected chi connectivity index (χ3v) is 3.17. The first-order chi connectivity index (χ1) is 10.8. The summed E-state index contributed by atoms with van der Waals surface area (Å²) in [7, 11) is 0. The van der Waals surface area contributed by atoms with E-state index in [9.17, 15) is 22.8 Å². The van der Waals surface area contributed by atoms with Crippen LogP contribution in [0, 0.1) is 0 Å². The fraction of sp³-hybridized carbons (Fsp3) is 0.467. The van der Waals surface area contributed by atoms with Gasteiger partial charge < -0.3 is 15.7 Å². The van der Waals surface area contributed by atoms with Crippen molar-refractivity contribution >= 4 is 17.5 Å². The molecule has 1 rings (SSSR count). The first-order valence-corrected chi connectivity index (χ1v) is 7.14. The van der Waals surface area contributed by atoms with Crippen LogP contribution in [-0.2, 0) is 16.0 Å². The maximum atomic E-state index is 12.5. The predicted octanol–water partition coefficient (Wildman–Crippen LogP) is 2.01. The molecule has 0 saturated heterocycles. The average Bonchev–Trinajstić information content (AvgIpc) is 2.47. The van der Waals surface area contributed by atoms with Gasteiger partial charge in [-0.25, -0.2) is 0 Å². The number of hydrogen-bond acceptors (Lipinski definition) is 3. The fourth-order valence-corrected chi connectivity index (χ4v) is 1.98. The highest BCUT2D eigenvalue weighted by atomic mass is 19.4. The van der Waals surface area contributed by atoms with Crippen molar-refractivity contribution in [2.75, 3.05) is 11.9 Å². The monoisotopic (exact) mass is 332 g/mol. The van der Waals surface area contributed by atoms with Gasteiger partial charge >= 0.3 is 18.0 Å². The molecule has 5 nitrogen and oxygen atoms in total. The molecule has 0 radical (unpaired) electrons. The highest BCUT2D eigenvalue weighted by molar-refractivity contribution is 6.39. The Balaban J connectivity index is 2.75. The number of halogens is 3. The molecule has 8 heteroatoms. The molecular weight excluding hydrogens is 313 g/mol. The number of carbonyl (C=O) groups is 2. The molecule has 128 valence electrons. The number of rotatable bonds is 6. The molecule has 0 saturated carbocycles. The van der Waals surface area contributed by atoms with Crippen molar-refractivity contribution in [3.8, 4) is 0 Å². The maximum absolute atomic E-state index is 12.5. The minimum Gasteiger partial charge on any atom is -0.396 e. The van der Waals surface area contributed by atoms with Crippen molar-refractivity contribution in [2.24, 2.45) is 0 Å². The Morgan fingerprint density at radius 3 is 2.43 bits per heavy atom. The molecular formula is C15H19F3N2O3. The normalized spacial score (nSPS) is 12.6. The Hall–Kier alpha value is -2.09. The van der Waals surface area contributed by atoms with Gasteiger partial charge in [-0.15, -0.1) is 0 Å². The number of carbonyl (C=O) groups excluding carboxylic acids is 2. The third kappa shape index (κ3) is 6.68. The lowest BCUT2D eigenvalue weighted by molar-refractivity contribution is -0.136. The van der Waals surface area contributed by atoms with E-state index in [1.165, 1.54) is 24.3 Å². The Kier molecular flexibility index (Phi) is 7.02. The highest BCUT2D eigenvalue weighted by Crippen LogP contribution is 2.25. The standard InChI is InChI=1S/C15H19F3N2O3/c1-2-11(7-8-21)19-13(22)14(23)20-12-6-4-3-5-10(12)9-15(16,17)18/h3-6,11,21H,2,7-9H2,1H3,(H,19,22)(H,20,23). The topological polar surface area (TPSA) is 78.4 Å². The summed E-state index contributed by atoms with van der Waals surface area (Å²) < 4.78 is 37.5. The molecule has 1 atom stereocenters. The van der Waals surface area contributed by atoms with E-state index >= 15 is 0 Å². The van der Waals surface area contributed by atoms with Gasteiger partial charge in [0.25, 0.3) is 0 Å². The van der Waals surface area contributed by atoms with E-state index in [1.807, 2.05) is 0 Å². The Bertz CT molecular complexity index is 547. The van der Waals surface area contributed by atoms with Gasteiger partial charge in [0.2, 0.25) is 0 Å². The Morgan fingerprint density at radius 2 is 1.87 bits per heavy atom. The van der Waals surface area contributed by atoms with Crippen molar-refractivity contribution in [3.63, 3.8) is 0 Å². The summed E-state index contributed by atoms with van der Waals surface area (Å²) in [6.07, 6.45) is -4.81. The molecule has 0 heterocycles. The molecule has 23 heavy (non-hydrogen) atoms. The van der Waals surface area contributed by atoms with E-state index in [2.05, 4.69) is 10.6 Å². The summed E-state index contributed by atoms with van der Waals surface area (Å²) in [4.78, 5) is 23.6. The van der Waals surface area contributed by atoms with Crippen molar-refractivity contribution < 1.29 is 27.9 Å². The molecule has 2 amide bonds. The molecule has 1 aromatic carbocycles. The molecule has 0 aromatic heterocycles. The lowest BCUT2D eigenvalue weighted by atomic mass is 10.1. The van der Waals surface area contributed by atoms with Gasteiger partial charge in [-0.2, -0.15) is 13.2 Å². The SMILES string of the molecule is CCC(CCO)NC(=O)C(=O)Nc1ccccc1CC(F)(F)F. The van der Waals surface area contributed by atoms with Crippen LogP contribution in [0.15, 0.2) is 24.3 Å². The van der Waals surface area contributed by atoms with Crippen LogP contribution in [0.3, 0.4) is 0 Å². The fourth-order valence-electron chi connectivity index (χ4n) is 1.98. The first kappa shape index (κ1) is 19.0. The highest BCUT2D eigenvalue weighted by Gasteiger charge is 2.29. The van der Waals surface area contributed by atoms with Crippen molar-refractivity contribution in [1.29, 1.82) is 0 Å². The molecule has 0 spiro atoms. The Labute approximate surface area is 131 Å². The maximum Gasteiger partial charge on any atom is 0.393 e. The van der Waals surface area contributed by atoms with Gasteiger partial charge in [0.15, 0.2) is 0 Å². The van der Waals surface area contributed by atoms with Crippen LogP contribution in [0.1, 0.15) is 25.3 Å². The van der Waals surface area contributed by atoms with E-state index < -0.39 is 24.4 Å². The molecule has 0 aliphatic rings. The zero-order valence-corrected chi connectivity index (χ0v) is 12.6. The Morgan fingerprint density at radius 1 is 1.22 bits per heavy atom. The number of amides is 2. The van der Waals surface area contributed by atoms with Gasteiger partial charge in [0, 0.05) is 18.3 Å². The summed E-state index contributed by atoms with van der Waals surface area (Å²) in [5.74, 6) is -2.00. The quantitative estimate of drug-likeness (QED) is 0.697. The zero-order chi connectivity index (χ0) is 17.5. The van der Waals surface area contributed by atoms with Gasteiger partial charge in [-0.3, -0.25) is 9.59 Å². The van der Waals surface area contributed by atoms with Crippen LogP contribution >= 0.6 is 0 Å². The van der Waals surface area contributed by atoms with E-state index in [0.717, 1.165) is 0 Å². The van der Waals surface area contributed by atoms with Crippen molar-refractivity contribution in [3.05, 3.63) is 29.8 Å². The smallest absolute Gasteiger partial charge is 0.393 e. The second kappa shape index (κ2) is 8.52. The van der Waals surface area contributed by atoms with Crippen LogP contribution in [0.2, 0.25) is 0 Å². The van der Waals surface area contributed by atoms with Crippen LogP contribution in [-0.4, -0.2) is 35.7 Å². The number of nitrogens with one attached hydrogen (secondary N) is 2. The third-order valence-electron chi connectivity index (χ3n) is 3.17. The van der Waals surface area contributed by atoms with Gasteiger partial charge in [-0.1, -0.05) is 25.1 Å². The number of aliphatic hydroxyl groups excluding tert-OH is 1. The van der Waals surface area contributed by atoms with E-state index in [0.29, 0.717) is 12.8 Å². The molecule has 0 fully saturated rings. The van der Waals surface area contributed by atoms with Gasteiger partial charge in [0.05, 0.1) is 6.42 Å². The summed E-state index contributed by atoms with van der Waals surface area (Å²) in [5.41, 5.74) is -0.177.